The Morgan fingerprint density at radius 3 is 2.54 bits per heavy atom. The number of aryl methyl sites for hydroxylation is 1. The number of carbonyl (C=O) groups excluding carboxylic acids is 1. The van der Waals surface area contributed by atoms with E-state index in [9.17, 15) is 4.79 Å². The van der Waals surface area contributed by atoms with Gasteiger partial charge in [-0.3, -0.25) is 4.79 Å². The highest BCUT2D eigenvalue weighted by Gasteiger charge is 2.30. The number of aromatic nitrogens is 4. The smallest absolute Gasteiger partial charge is 0.240 e. The number of ether oxygens (including phenoxy) is 1. The molecule has 1 aromatic heterocycles. The second-order valence-electron chi connectivity index (χ2n) is 6.51. The second kappa shape index (κ2) is 8.53. The zero-order chi connectivity index (χ0) is 19.3. The summed E-state index contributed by atoms with van der Waals surface area (Å²) in [4.78, 5) is 15.2. The highest BCUT2D eigenvalue weighted by Crippen LogP contribution is 2.36. The first kappa shape index (κ1) is 18.6. The van der Waals surface area contributed by atoms with Crippen molar-refractivity contribution in [2.75, 3.05) is 26.3 Å². The van der Waals surface area contributed by atoms with Gasteiger partial charge in [0, 0.05) is 13.1 Å². The normalized spacial score (nSPS) is 15.4. The van der Waals surface area contributed by atoms with Crippen LogP contribution in [0.15, 0.2) is 59.8 Å². The molecule has 2 aromatic carbocycles. The molecular weight excluding hydrogens is 374 g/mol. The molecule has 2 heterocycles. The number of amides is 1. The predicted octanol–water partition coefficient (Wildman–Crippen LogP) is 2.66. The molecule has 28 heavy (non-hydrogen) atoms. The Kier molecular flexibility index (Phi) is 5.68. The third-order valence-corrected chi connectivity index (χ3v) is 5.83. The molecule has 8 heteroatoms. The largest absolute Gasteiger partial charge is 0.378 e. The molecular formula is C20H21N5O2S. The standard InChI is InChI=1S/C20H21N5O2S/c1-15-7-5-6-10-17(15)25-20(21-22-23-25)28-18(16-8-3-2-4-9-16)19(26)24-11-13-27-14-12-24/h2-10,18H,11-14H2,1H3/t18-/m1/s1. The van der Waals surface area contributed by atoms with Crippen molar-refractivity contribution in [2.24, 2.45) is 0 Å². The highest BCUT2D eigenvalue weighted by atomic mass is 32.2. The minimum Gasteiger partial charge on any atom is -0.378 e. The molecule has 3 aromatic rings. The van der Waals surface area contributed by atoms with Crippen LogP contribution in [0.4, 0.5) is 0 Å². The monoisotopic (exact) mass is 395 g/mol. The topological polar surface area (TPSA) is 73.1 Å². The molecule has 0 radical (unpaired) electrons. The maximum absolute atomic E-state index is 13.3. The zero-order valence-corrected chi connectivity index (χ0v) is 16.4. The third kappa shape index (κ3) is 3.93. The molecule has 0 N–H and O–H groups in total. The van der Waals surface area contributed by atoms with Gasteiger partial charge in [0.15, 0.2) is 0 Å². The zero-order valence-electron chi connectivity index (χ0n) is 15.6. The van der Waals surface area contributed by atoms with Crippen molar-refractivity contribution in [3.8, 4) is 5.69 Å². The fourth-order valence-corrected chi connectivity index (χ4v) is 4.22. The van der Waals surface area contributed by atoms with Crippen LogP contribution in [0.1, 0.15) is 16.4 Å². The van der Waals surface area contributed by atoms with E-state index in [2.05, 4.69) is 15.5 Å². The fraction of sp³-hybridized carbons (Fsp3) is 0.300. The lowest BCUT2D eigenvalue weighted by Crippen LogP contribution is -2.42. The summed E-state index contributed by atoms with van der Waals surface area (Å²) in [5, 5.41) is 12.4. The Morgan fingerprint density at radius 2 is 1.79 bits per heavy atom. The molecule has 1 saturated heterocycles. The van der Waals surface area contributed by atoms with Crippen LogP contribution >= 0.6 is 11.8 Å². The third-order valence-electron chi connectivity index (χ3n) is 4.66. The molecule has 0 aliphatic carbocycles. The number of para-hydroxylation sites is 1. The second-order valence-corrected chi connectivity index (χ2v) is 7.58. The first-order chi connectivity index (χ1) is 13.7. The van der Waals surface area contributed by atoms with Gasteiger partial charge in [-0.25, -0.2) is 0 Å². The van der Waals surface area contributed by atoms with Gasteiger partial charge in [-0.1, -0.05) is 60.3 Å². The number of thioether (sulfide) groups is 1. The molecule has 1 aliphatic heterocycles. The summed E-state index contributed by atoms with van der Waals surface area (Å²) in [6.07, 6.45) is 0. The lowest BCUT2D eigenvalue weighted by atomic mass is 10.1. The van der Waals surface area contributed by atoms with E-state index >= 15 is 0 Å². The van der Waals surface area contributed by atoms with Gasteiger partial charge in [-0.15, -0.1) is 5.10 Å². The van der Waals surface area contributed by atoms with Crippen LogP contribution in [0.2, 0.25) is 0 Å². The summed E-state index contributed by atoms with van der Waals surface area (Å²) < 4.78 is 7.09. The SMILES string of the molecule is Cc1ccccc1-n1nnnc1S[C@@H](C(=O)N1CCOCC1)c1ccccc1. The number of hydrogen-bond donors (Lipinski definition) is 0. The molecule has 144 valence electrons. The van der Waals surface area contributed by atoms with E-state index in [1.807, 2.05) is 66.4 Å². The summed E-state index contributed by atoms with van der Waals surface area (Å²) in [6, 6.07) is 17.7. The molecule has 1 fully saturated rings. The molecule has 1 amide bonds. The Bertz CT molecular complexity index is 941. The van der Waals surface area contributed by atoms with Gasteiger partial charge >= 0.3 is 0 Å². The van der Waals surface area contributed by atoms with E-state index in [-0.39, 0.29) is 5.91 Å². The van der Waals surface area contributed by atoms with Gasteiger partial charge < -0.3 is 9.64 Å². The maximum atomic E-state index is 13.3. The average Bonchev–Trinajstić information content (AvgIpc) is 3.21. The first-order valence-corrected chi connectivity index (χ1v) is 10.0. The van der Waals surface area contributed by atoms with Crippen LogP contribution < -0.4 is 0 Å². The number of hydrogen-bond acceptors (Lipinski definition) is 6. The Balaban J connectivity index is 1.67. The summed E-state index contributed by atoms with van der Waals surface area (Å²) in [6.45, 7) is 4.35. The highest BCUT2D eigenvalue weighted by molar-refractivity contribution is 8.00. The number of nitrogens with zero attached hydrogens (tertiary/aromatic N) is 5. The van der Waals surface area contributed by atoms with Crippen LogP contribution in [0.5, 0.6) is 0 Å². The van der Waals surface area contributed by atoms with Crippen LogP contribution in [-0.4, -0.2) is 57.3 Å². The first-order valence-electron chi connectivity index (χ1n) is 9.16. The Hall–Kier alpha value is -2.71. The summed E-state index contributed by atoms with van der Waals surface area (Å²) >= 11 is 1.38. The number of tetrazole rings is 1. The van der Waals surface area contributed by atoms with Crippen molar-refractivity contribution in [1.29, 1.82) is 0 Å². The van der Waals surface area contributed by atoms with E-state index in [1.54, 1.807) is 4.68 Å². The molecule has 0 spiro atoms. The maximum Gasteiger partial charge on any atom is 0.240 e. The molecule has 0 unspecified atom stereocenters. The van der Waals surface area contributed by atoms with Crippen molar-refractivity contribution in [2.45, 2.75) is 17.3 Å². The quantitative estimate of drug-likeness (QED) is 0.619. The Labute approximate surface area is 167 Å². The van der Waals surface area contributed by atoms with Gasteiger partial charge in [-0.05, 0) is 34.5 Å². The van der Waals surface area contributed by atoms with Gasteiger partial charge in [0.05, 0.1) is 18.9 Å². The minimum atomic E-state index is -0.423. The van der Waals surface area contributed by atoms with Crippen LogP contribution in [-0.2, 0) is 9.53 Å². The van der Waals surface area contributed by atoms with Gasteiger partial charge in [0.1, 0.15) is 5.25 Å². The average molecular weight is 395 g/mol. The number of rotatable bonds is 5. The number of carbonyl (C=O) groups is 1. The number of morpholine rings is 1. The van der Waals surface area contributed by atoms with Crippen LogP contribution in [0.3, 0.4) is 0 Å². The van der Waals surface area contributed by atoms with Gasteiger partial charge in [0.2, 0.25) is 11.1 Å². The van der Waals surface area contributed by atoms with Crippen molar-refractivity contribution < 1.29 is 9.53 Å². The summed E-state index contributed by atoms with van der Waals surface area (Å²) in [7, 11) is 0. The van der Waals surface area contributed by atoms with E-state index < -0.39 is 5.25 Å². The lowest BCUT2D eigenvalue weighted by Gasteiger charge is -2.30. The van der Waals surface area contributed by atoms with E-state index in [4.69, 9.17) is 4.74 Å². The van der Waals surface area contributed by atoms with Crippen molar-refractivity contribution >= 4 is 17.7 Å². The van der Waals surface area contributed by atoms with Crippen molar-refractivity contribution in [3.63, 3.8) is 0 Å². The van der Waals surface area contributed by atoms with Gasteiger partial charge in [-0.2, -0.15) is 4.68 Å². The van der Waals surface area contributed by atoms with E-state index in [0.717, 1.165) is 16.8 Å². The Morgan fingerprint density at radius 1 is 1.07 bits per heavy atom. The molecule has 0 saturated carbocycles. The molecule has 1 aliphatic rings. The molecule has 1 atom stereocenters. The summed E-state index contributed by atoms with van der Waals surface area (Å²) in [5.74, 6) is 0.0545. The van der Waals surface area contributed by atoms with Crippen molar-refractivity contribution in [1.82, 2.24) is 25.1 Å². The number of benzene rings is 2. The molecule has 0 bridgehead atoms. The molecule has 7 nitrogen and oxygen atoms in total. The fourth-order valence-electron chi connectivity index (χ4n) is 3.15. The van der Waals surface area contributed by atoms with Gasteiger partial charge in [0.25, 0.3) is 0 Å². The minimum absolute atomic E-state index is 0.0545. The van der Waals surface area contributed by atoms with E-state index in [0.29, 0.717) is 31.5 Å². The van der Waals surface area contributed by atoms with Crippen LogP contribution in [0.25, 0.3) is 5.69 Å². The predicted molar refractivity (Wildman–Crippen MR) is 106 cm³/mol. The van der Waals surface area contributed by atoms with Crippen LogP contribution in [0, 0.1) is 6.92 Å². The summed E-state index contributed by atoms with van der Waals surface area (Å²) in [5.41, 5.74) is 2.90. The molecule has 4 rings (SSSR count). The van der Waals surface area contributed by atoms with E-state index in [1.165, 1.54) is 11.8 Å². The lowest BCUT2D eigenvalue weighted by molar-refractivity contribution is -0.134. The van der Waals surface area contributed by atoms with Crippen molar-refractivity contribution in [3.05, 3.63) is 65.7 Å².